The second-order valence-corrected chi connectivity index (χ2v) is 2.33. The van der Waals surface area contributed by atoms with E-state index in [0.29, 0.717) is 12.2 Å². The van der Waals surface area contributed by atoms with Crippen LogP contribution in [0.3, 0.4) is 0 Å². The van der Waals surface area contributed by atoms with E-state index >= 15 is 0 Å². The molecule has 0 amide bonds. The molecule has 1 rings (SSSR count). The molecule has 0 aliphatic carbocycles. The van der Waals surface area contributed by atoms with Gasteiger partial charge in [-0.1, -0.05) is 30.3 Å². The summed E-state index contributed by atoms with van der Waals surface area (Å²) in [5.41, 5.74) is 12.7. The lowest BCUT2D eigenvalue weighted by molar-refractivity contribution is 1.12. The molecule has 0 radical (unpaired) electrons. The summed E-state index contributed by atoms with van der Waals surface area (Å²) < 4.78 is 0. The Balaban J connectivity index is 2.79. The highest BCUT2D eigenvalue weighted by molar-refractivity contribution is 5.51. The van der Waals surface area contributed by atoms with Crippen LogP contribution >= 0.6 is 0 Å². The first-order valence-corrected chi connectivity index (χ1v) is 3.54. The molecule has 11 heavy (non-hydrogen) atoms. The summed E-state index contributed by atoms with van der Waals surface area (Å²) >= 11 is 0. The Morgan fingerprint density at radius 2 is 1.91 bits per heavy atom. The molecule has 1 aromatic rings. The Kier molecular flexibility index (Phi) is 2.69. The van der Waals surface area contributed by atoms with Crippen molar-refractivity contribution in [3.8, 4) is 0 Å². The van der Waals surface area contributed by atoms with Crippen LogP contribution in [0.2, 0.25) is 0 Å². The molecule has 0 atom stereocenters. The molecule has 1 aromatic carbocycles. The van der Waals surface area contributed by atoms with Crippen molar-refractivity contribution in [1.82, 2.24) is 0 Å². The summed E-state index contributed by atoms with van der Waals surface area (Å²) in [6.07, 6.45) is 1.88. The lowest BCUT2D eigenvalue weighted by Gasteiger charge is -1.95. The maximum absolute atomic E-state index is 5.54. The zero-order chi connectivity index (χ0) is 8.10. The highest BCUT2D eigenvalue weighted by atomic mass is 14.7. The van der Waals surface area contributed by atoms with Crippen LogP contribution in [-0.2, 0) is 0 Å². The van der Waals surface area contributed by atoms with Gasteiger partial charge >= 0.3 is 0 Å². The second kappa shape index (κ2) is 3.78. The smallest absolute Gasteiger partial charge is 0.0326 e. The van der Waals surface area contributed by atoms with E-state index < -0.39 is 0 Å². The van der Waals surface area contributed by atoms with Crippen molar-refractivity contribution >= 4 is 6.08 Å². The van der Waals surface area contributed by atoms with Gasteiger partial charge in [0.25, 0.3) is 0 Å². The summed E-state index contributed by atoms with van der Waals surface area (Å²) in [6, 6.07) is 9.88. The minimum Gasteiger partial charge on any atom is -0.401 e. The minimum atomic E-state index is 0.412. The number of hydrogen-bond donors (Lipinski definition) is 2. The molecule has 2 nitrogen and oxygen atoms in total. The van der Waals surface area contributed by atoms with E-state index in [9.17, 15) is 0 Å². The highest BCUT2D eigenvalue weighted by Gasteiger charge is 1.86. The van der Waals surface area contributed by atoms with Crippen LogP contribution in [0.1, 0.15) is 5.56 Å². The van der Waals surface area contributed by atoms with E-state index in [1.54, 1.807) is 0 Å². The quantitative estimate of drug-likeness (QED) is 0.656. The van der Waals surface area contributed by atoms with E-state index in [0.717, 1.165) is 5.56 Å². The number of rotatable bonds is 2. The van der Waals surface area contributed by atoms with Gasteiger partial charge in [0, 0.05) is 12.2 Å². The normalized spacial score (nSPS) is 11.5. The molecule has 0 aromatic heterocycles. The Hall–Kier alpha value is -1.28. The molecule has 0 heterocycles. The molecule has 0 aliphatic rings. The molecule has 0 fully saturated rings. The topological polar surface area (TPSA) is 52.0 Å². The first kappa shape index (κ1) is 7.82. The van der Waals surface area contributed by atoms with Crippen LogP contribution in [0.25, 0.3) is 6.08 Å². The fourth-order valence-electron chi connectivity index (χ4n) is 0.822. The molecule has 0 unspecified atom stereocenters. The lowest BCUT2D eigenvalue weighted by atomic mass is 10.2. The zero-order valence-electron chi connectivity index (χ0n) is 6.33. The van der Waals surface area contributed by atoms with Gasteiger partial charge in [-0.05, 0) is 11.6 Å². The van der Waals surface area contributed by atoms with Crippen molar-refractivity contribution in [1.29, 1.82) is 0 Å². The van der Waals surface area contributed by atoms with Crippen LogP contribution in [0.15, 0.2) is 36.0 Å². The standard InChI is InChI=1S/C9H12N2/c10-7-9(11)6-8-4-2-1-3-5-8/h1-6H,7,10-11H2. The van der Waals surface area contributed by atoms with Crippen molar-refractivity contribution < 1.29 is 0 Å². The molecule has 58 valence electrons. The predicted octanol–water partition coefficient (Wildman–Crippen LogP) is 0.945. The van der Waals surface area contributed by atoms with E-state index in [1.165, 1.54) is 0 Å². The zero-order valence-corrected chi connectivity index (χ0v) is 6.33. The van der Waals surface area contributed by atoms with Crippen molar-refractivity contribution in [2.75, 3.05) is 6.54 Å². The largest absolute Gasteiger partial charge is 0.401 e. The third kappa shape index (κ3) is 2.43. The molecule has 2 heteroatoms. The van der Waals surface area contributed by atoms with Crippen molar-refractivity contribution in [2.45, 2.75) is 0 Å². The van der Waals surface area contributed by atoms with Gasteiger partial charge in [0.15, 0.2) is 0 Å². The van der Waals surface area contributed by atoms with Crippen LogP contribution < -0.4 is 11.5 Å². The van der Waals surface area contributed by atoms with Crippen LogP contribution in [0, 0.1) is 0 Å². The Labute approximate surface area is 66.5 Å². The number of benzene rings is 1. The number of hydrogen-bond acceptors (Lipinski definition) is 2. The Bertz CT molecular complexity index is 239. The van der Waals surface area contributed by atoms with Gasteiger partial charge in [-0.25, -0.2) is 0 Å². The third-order valence-electron chi connectivity index (χ3n) is 1.39. The van der Waals surface area contributed by atoms with E-state index in [4.69, 9.17) is 11.5 Å². The van der Waals surface area contributed by atoms with Crippen LogP contribution in [0.5, 0.6) is 0 Å². The fraction of sp³-hybridized carbons (Fsp3) is 0.111. The van der Waals surface area contributed by atoms with Gasteiger partial charge in [0.1, 0.15) is 0 Å². The van der Waals surface area contributed by atoms with Crippen molar-refractivity contribution in [3.05, 3.63) is 41.6 Å². The summed E-state index contributed by atoms with van der Waals surface area (Å²) in [5, 5.41) is 0. The van der Waals surface area contributed by atoms with Crippen molar-refractivity contribution in [2.24, 2.45) is 11.5 Å². The predicted molar refractivity (Wildman–Crippen MR) is 47.7 cm³/mol. The Morgan fingerprint density at radius 3 is 2.45 bits per heavy atom. The molecular formula is C9H12N2. The molecule has 0 saturated carbocycles. The molecule has 0 bridgehead atoms. The third-order valence-corrected chi connectivity index (χ3v) is 1.39. The highest BCUT2D eigenvalue weighted by Crippen LogP contribution is 2.01. The summed E-state index contributed by atoms with van der Waals surface area (Å²) in [6.45, 7) is 0.412. The summed E-state index contributed by atoms with van der Waals surface area (Å²) in [7, 11) is 0. The van der Waals surface area contributed by atoms with Gasteiger partial charge in [-0.3, -0.25) is 0 Å². The monoisotopic (exact) mass is 148 g/mol. The molecule has 0 saturated heterocycles. The number of nitrogens with two attached hydrogens (primary N) is 2. The van der Waals surface area contributed by atoms with Crippen LogP contribution in [-0.4, -0.2) is 6.54 Å². The minimum absolute atomic E-state index is 0.412. The average Bonchev–Trinajstić information content (AvgIpc) is 2.06. The molecule has 0 spiro atoms. The maximum Gasteiger partial charge on any atom is 0.0326 e. The molecule has 0 aliphatic heterocycles. The average molecular weight is 148 g/mol. The van der Waals surface area contributed by atoms with E-state index in [1.807, 2.05) is 36.4 Å². The van der Waals surface area contributed by atoms with Gasteiger partial charge in [0.2, 0.25) is 0 Å². The van der Waals surface area contributed by atoms with Crippen molar-refractivity contribution in [3.63, 3.8) is 0 Å². The van der Waals surface area contributed by atoms with Gasteiger partial charge < -0.3 is 11.5 Å². The summed E-state index contributed by atoms with van der Waals surface area (Å²) in [4.78, 5) is 0. The van der Waals surface area contributed by atoms with Gasteiger partial charge in [-0.15, -0.1) is 0 Å². The molecular weight excluding hydrogens is 136 g/mol. The van der Waals surface area contributed by atoms with Gasteiger partial charge in [-0.2, -0.15) is 0 Å². The Morgan fingerprint density at radius 1 is 1.27 bits per heavy atom. The maximum atomic E-state index is 5.54. The first-order valence-electron chi connectivity index (χ1n) is 3.54. The van der Waals surface area contributed by atoms with E-state index in [-0.39, 0.29) is 0 Å². The molecule has 4 N–H and O–H groups in total. The first-order chi connectivity index (χ1) is 5.33. The second-order valence-electron chi connectivity index (χ2n) is 2.33. The van der Waals surface area contributed by atoms with Gasteiger partial charge in [0.05, 0.1) is 0 Å². The fourth-order valence-corrected chi connectivity index (χ4v) is 0.822. The lowest BCUT2D eigenvalue weighted by Crippen LogP contribution is -2.10. The summed E-state index contributed by atoms with van der Waals surface area (Å²) in [5.74, 6) is 0. The van der Waals surface area contributed by atoms with E-state index in [2.05, 4.69) is 0 Å². The SMILES string of the molecule is NCC(N)=Cc1ccccc1. The van der Waals surface area contributed by atoms with Crippen LogP contribution in [0.4, 0.5) is 0 Å².